The van der Waals surface area contributed by atoms with E-state index < -0.39 is 10.1 Å². The molecule has 1 rings (SSSR count). The molecule has 0 aromatic heterocycles. The van der Waals surface area contributed by atoms with E-state index in [1.165, 1.54) is 0 Å². The molecule has 4 nitrogen and oxygen atoms in total. The highest BCUT2D eigenvalue weighted by atomic mass is 32.2. The van der Waals surface area contributed by atoms with E-state index in [1.54, 1.807) is 6.92 Å². The minimum atomic E-state index is -3.29. The largest absolute Gasteiger partial charge is 0.372 e. The van der Waals surface area contributed by atoms with Crippen molar-refractivity contribution in [3.63, 3.8) is 0 Å². The summed E-state index contributed by atoms with van der Waals surface area (Å²) in [6.45, 7) is 2.40. The molecule has 0 amide bonds. The summed E-state index contributed by atoms with van der Waals surface area (Å²) in [5.41, 5.74) is 0. The molecular weight excluding hydrogens is 156 g/mol. The lowest BCUT2D eigenvalue weighted by Gasteiger charge is -1.98. The lowest BCUT2D eigenvalue weighted by Crippen LogP contribution is -2.14. The number of ether oxygens (including phenoxy) is 1. The van der Waals surface area contributed by atoms with Crippen LogP contribution in [0.2, 0.25) is 0 Å². The molecule has 1 fully saturated rings. The molecule has 0 saturated carbocycles. The Balaban J connectivity index is 2.34. The summed E-state index contributed by atoms with van der Waals surface area (Å²) in [6.07, 6.45) is -0.114. The van der Waals surface area contributed by atoms with E-state index in [0.29, 0.717) is 6.61 Å². The van der Waals surface area contributed by atoms with E-state index in [4.69, 9.17) is 4.74 Å². The Labute approximate surface area is 60.3 Å². The van der Waals surface area contributed by atoms with E-state index in [-0.39, 0.29) is 18.5 Å². The van der Waals surface area contributed by atoms with Crippen LogP contribution in [-0.4, -0.2) is 33.5 Å². The van der Waals surface area contributed by atoms with Crippen molar-refractivity contribution in [2.75, 3.05) is 19.0 Å². The van der Waals surface area contributed by atoms with Gasteiger partial charge in [0, 0.05) is 0 Å². The number of hydrogen-bond acceptors (Lipinski definition) is 4. The fraction of sp³-hybridized carbons (Fsp3) is 1.00. The molecule has 1 atom stereocenters. The van der Waals surface area contributed by atoms with Crippen molar-refractivity contribution in [3.05, 3.63) is 0 Å². The van der Waals surface area contributed by atoms with Gasteiger partial charge in [0.2, 0.25) is 0 Å². The average Bonchev–Trinajstić information content (AvgIpc) is 2.48. The second kappa shape index (κ2) is 2.86. The second-order valence-electron chi connectivity index (χ2n) is 2.09. The lowest BCUT2D eigenvalue weighted by molar-refractivity contribution is 0.332. The predicted octanol–water partition coefficient (Wildman–Crippen LogP) is -0.248. The molecule has 1 aliphatic rings. The molecule has 1 saturated heterocycles. The maximum Gasteiger partial charge on any atom is 0.269 e. The average molecular weight is 166 g/mol. The lowest BCUT2D eigenvalue weighted by atomic mass is 10.6. The SMILES string of the molecule is CCOS(=O)(=O)CC1CO1. The van der Waals surface area contributed by atoms with Crippen LogP contribution in [-0.2, 0) is 19.0 Å². The maximum absolute atomic E-state index is 10.8. The minimum absolute atomic E-state index is 0.000833. The van der Waals surface area contributed by atoms with Gasteiger partial charge in [-0.15, -0.1) is 0 Å². The first-order valence-electron chi connectivity index (χ1n) is 3.13. The summed E-state index contributed by atoms with van der Waals surface area (Å²) in [5, 5.41) is 0. The van der Waals surface area contributed by atoms with Gasteiger partial charge < -0.3 is 4.74 Å². The van der Waals surface area contributed by atoms with Crippen molar-refractivity contribution in [2.45, 2.75) is 13.0 Å². The van der Waals surface area contributed by atoms with Crippen LogP contribution in [0.25, 0.3) is 0 Å². The van der Waals surface area contributed by atoms with E-state index in [1.807, 2.05) is 0 Å². The highest BCUT2D eigenvalue weighted by Crippen LogP contribution is 2.12. The minimum Gasteiger partial charge on any atom is -0.372 e. The summed E-state index contributed by atoms with van der Waals surface area (Å²) in [7, 11) is -3.29. The third-order valence-corrected chi connectivity index (χ3v) is 2.46. The zero-order valence-electron chi connectivity index (χ0n) is 5.74. The van der Waals surface area contributed by atoms with Crippen LogP contribution in [0.3, 0.4) is 0 Å². The van der Waals surface area contributed by atoms with Crippen molar-refractivity contribution in [3.8, 4) is 0 Å². The van der Waals surface area contributed by atoms with Gasteiger partial charge in [0.1, 0.15) is 5.75 Å². The van der Waals surface area contributed by atoms with Crippen molar-refractivity contribution < 1.29 is 17.3 Å². The Morgan fingerprint density at radius 2 is 2.30 bits per heavy atom. The van der Waals surface area contributed by atoms with Crippen LogP contribution in [0.4, 0.5) is 0 Å². The summed E-state index contributed by atoms with van der Waals surface area (Å²) in [5.74, 6) is 0.000833. The van der Waals surface area contributed by atoms with Crippen molar-refractivity contribution in [1.82, 2.24) is 0 Å². The van der Waals surface area contributed by atoms with Crippen LogP contribution in [0.1, 0.15) is 6.92 Å². The normalized spacial score (nSPS) is 24.7. The Kier molecular flexibility index (Phi) is 2.28. The third kappa shape index (κ3) is 2.64. The van der Waals surface area contributed by atoms with Crippen LogP contribution in [0.5, 0.6) is 0 Å². The summed E-state index contributed by atoms with van der Waals surface area (Å²) in [6, 6.07) is 0. The summed E-state index contributed by atoms with van der Waals surface area (Å²) < 4.78 is 30.8. The van der Waals surface area contributed by atoms with E-state index in [0.717, 1.165) is 0 Å². The molecule has 0 bridgehead atoms. The Hall–Kier alpha value is -0.130. The smallest absolute Gasteiger partial charge is 0.269 e. The van der Waals surface area contributed by atoms with Gasteiger partial charge in [-0.05, 0) is 6.92 Å². The van der Waals surface area contributed by atoms with E-state index >= 15 is 0 Å². The summed E-state index contributed by atoms with van der Waals surface area (Å²) in [4.78, 5) is 0. The first kappa shape index (κ1) is 7.97. The maximum atomic E-state index is 10.8. The molecule has 0 aromatic rings. The van der Waals surface area contributed by atoms with Gasteiger partial charge in [0.05, 0.1) is 19.3 Å². The van der Waals surface area contributed by atoms with E-state index in [2.05, 4.69) is 4.18 Å². The van der Waals surface area contributed by atoms with Crippen molar-refractivity contribution >= 4 is 10.1 Å². The van der Waals surface area contributed by atoms with Gasteiger partial charge in [-0.1, -0.05) is 0 Å². The van der Waals surface area contributed by atoms with Crippen LogP contribution in [0, 0.1) is 0 Å². The number of epoxide rings is 1. The van der Waals surface area contributed by atoms with Gasteiger partial charge in [-0.2, -0.15) is 8.42 Å². The second-order valence-corrected chi connectivity index (χ2v) is 3.77. The topological polar surface area (TPSA) is 55.9 Å². The molecule has 1 aliphatic heterocycles. The number of hydrogen-bond donors (Lipinski definition) is 0. The Morgan fingerprint density at radius 1 is 1.70 bits per heavy atom. The third-order valence-electron chi connectivity index (χ3n) is 1.09. The summed E-state index contributed by atoms with van der Waals surface area (Å²) >= 11 is 0. The van der Waals surface area contributed by atoms with E-state index in [9.17, 15) is 8.42 Å². The zero-order chi connectivity index (χ0) is 7.61. The molecular formula is C5H10O4S. The molecule has 10 heavy (non-hydrogen) atoms. The van der Waals surface area contributed by atoms with Crippen molar-refractivity contribution in [2.24, 2.45) is 0 Å². The molecule has 0 spiro atoms. The Morgan fingerprint density at radius 3 is 2.70 bits per heavy atom. The zero-order valence-corrected chi connectivity index (χ0v) is 6.56. The molecule has 0 aliphatic carbocycles. The molecule has 1 heterocycles. The van der Waals surface area contributed by atoms with Crippen LogP contribution in [0.15, 0.2) is 0 Å². The monoisotopic (exact) mass is 166 g/mol. The molecule has 1 unspecified atom stereocenters. The standard InChI is InChI=1S/C5H10O4S/c1-2-9-10(6,7)4-5-3-8-5/h5H,2-4H2,1H3. The van der Waals surface area contributed by atoms with Gasteiger partial charge in [0.15, 0.2) is 0 Å². The highest BCUT2D eigenvalue weighted by Gasteiger charge is 2.29. The first-order chi connectivity index (χ1) is 4.64. The first-order valence-corrected chi connectivity index (χ1v) is 4.70. The van der Waals surface area contributed by atoms with Gasteiger partial charge in [-0.3, -0.25) is 4.18 Å². The molecule has 60 valence electrons. The quantitative estimate of drug-likeness (QED) is 0.427. The number of rotatable bonds is 4. The predicted molar refractivity (Wildman–Crippen MR) is 35.2 cm³/mol. The molecule has 0 radical (unpaired) electrons. The Bertz CT molecular complexity index is 192. The molecule has 0 N–H and O–H groups in total. The molecule has 0 aromatic carbocycles. The fourth-order valence-electron chi connectivity index (χ4n) is 0.620. The van der Waals surface area contributed by atoms with Gasteiger partial charge in [0.25, 0.3) is 10.1 Å². The highest BCUT2D eigenvalue weighted by molar-refractivity contribution is 7.86. The van der Waals surface area contributed by atoms with Gasteiger partial charge >= 0.3 is 0 Å². The van der Waals surface area contributed by atoms with Crippen LogP contribution < -0.4 is 0 Å². The van der Waals surface area contributed by atoms with Crippen molar-refractivity contribution in [1.29, 1.82) is 0 Å². The van der Waals surface area contributed by atoms with Gasteiger partial charge in [-0.25, -0.2) is 0 Å². The van der Waals surface area contributed by atoms with Crippen LogP contribution >= 0.6 is 0 Å². The fourth-order valence-corrected chi connectivity index (χ4v) is 1.72. The molecule has 5 heteroatoms.